The molecule has 4 nitrogen and oxygen atoms in total. The molecule has 1 aliphatic rings. The molecule has 0 fully saturated rings. The molecule has 5 heteroatoms. The average molecular weight is 465 g/mol. The lowest BCUT2D eigenvalue weighted by atomic mass is 9.95. The van der Waals surface area contributed by atoms with Crippen molar-refractivity contribution in [1.29, 1.82) is 0 Å². The summed E-state index contributed by atoms with van der Waals surface area (Å²) in [4.78, 5) is 29.0. The number of hydrogen-bond acceptors (Lipinski definition) is 2. The van der Waals surface area contributed by atoms with E-state index in [0.29, 0.717) is 24.1 Å². The van der Waals surface area contributed by atoms with E-state index in [1.807, 2.05) is 78.9 Å². The summed E-state index contributed by atoms with van der Waals surface area (Å²) in [7, 11) is 0. The first-order valence-electron chi connectivity index (χ1n) is 11.7. The second kappa shape index (κ2) is 9.94. The van der Waals surface area contributed by atoms with Gasteiger partial charge in [-0.15, -0.1) is 0 Å². The first-order valence-corrected chi connectivity index (χ1v) is 11.7. The van der Waals surface area contributed by atoms with Gasteiger partial charge in [0.25, 0.3) is 5.91 Å². The third-order valence-corrected chi connectivity index (χ3v) is 6.38. The van der Waals surface area contributed by atoms with Crippen molar-refractivity contribution in [3.05, 3.63) is 143 Å². The van der Waals surface area contributed by atoms with E-state index < -0.39 is 12.1 Å². The molecular weight excluding hydrogens is 439 g/mol. The number of amides is 2. The van der Waals surface area contributed by atoms with Crippen LogP contribution in [0.3, 0.4) is 0 Å². The van der Waals surface area contributed by atoms with Crippen molar-refractivity contribution in [3.63, 3.8) is 0 Å². The van der Waals surface area contributed by atoms with Gasteiger partial charge in [0.2, 0.25) is 5.91 Å². The Morgan fingerprint density at radius 2 is 1.37 bits per heavy atom. The zero-order valence-corrected chi connectivity index (χ0v) is 19.1. The van der Waals surface area contributed by atoms with Crippen molar-refractivity contribution in [2.45, 2.75) is 18.5 Å². The van der Waals surface area contributed by atoms with Gasteiger partial charge in [-0.3, -0.25) is 9.59 Å². The van der Waals surface area contributed by atoms with Crippen LogP contribution in [0.1, 0.15) is 44.7 Å². The Kier molecular flexibility index (Phi) is 6.40. The second-order valence-electron chi connectivity index (χ2n) is 8.59. The lowest BCUT2D eigenvalue weighted by Crippen LogP contribution is -2.42. The van der Waals surface area contributed by atoms with E-state index in [9.17, 15) is 14.0 Å². The number of carbonyl (C=O) groups excluding carboxylic acids is 2. The summed E-state index contributed by atoms with van der Waals surface area (Å²) >= 11 is 0. The lowest BCUT2D eigenvalue weighted by molar-refractivity contribution is -0.126. The van der Waals surface area contributed by atoms with Crippen molar-refractivity contribution in [1.82, 2.24) is 10.2 Å². The standard InChI is InChI=1S/C30H25FN2O2/c31-24-17-15-21(16-18-24)19-20-32-29(34)28-25-13-7-8-14-26(25)30(35)33(28)27(22-9-3-1-4-10-22)23-11-5-2-6-12-23/h1-18,27-28H,19-20H2,(H,32,34). The predicted octanol–water partition coefficient (Wildman–Crippen LogP) is 5.47. The molecule has 4 aromatic rings. The Balaban J connectivity index is 1.48. The van der Waals surface area contributed by atoms with Crippen LogP contribution in [-0.2, 0) is 11.2 Å². The van der Waals surface area contributed by atoms with Gasteiger partial charge in [-0.2, -0.15) is 0 Å². The van der Waals surface area contributed by atoms with Crippen LogP contribution in [0.15, 0.2) is 109 Å². The van der Waals surface area contributed by atoms with Gasteiger partial charge in [0.05, 0.1) is 6.04 Å². The molecule has 1 unspecified atom stereocenters. The van der Waals surface area contributed by atoms with Crippen molar-refractivity contribution in [2.75, 3.05) is 6.54 Å². The quantitative estimate of drug-likeness (QED) is 0.394. The smallest absolute Gasteiger partial charge is 0.255 e. The largest absolute Gasteiger partial charge is 0.354 e. The maximum absolute atomic E-state index is 13.7. The number of rotatable bonds is 7. The van der Waals surface area contributed by atoms with E-state index in [2.05, 4.69) is 5.32 Å². The zero-order valence-electron chi connectivity index (χ0n) is 19.1. The average Bonchev–Trinajstić information content (AvgIpc) is 3.19. The highest BCUT2D eigenvalue weighted by atomic mass is 19.1. The van der Waals surface area contributed by atoms with Crippen LogP contribution < -0.4 is 5.32 Å². The highest BCUT2D eigenvalue weighted by Crippen LogP contribution is 2.42. The number of benzene rings is 4. The third-order valence-electron chi connectivity index (χ3n) is 6.38. The lowest BCUT2D eigenvalue weighted by Gasteiger charge is -2.33. The van der Waals surface area contributed by atoms with Gasteiger partial charge in [-0.25, -0.2) is 4.39 Å². The third kappa shape index (κ3) is 4.58. The van der Waals surface area contributed by atoms with E-state index in [0.717, 1.165) is 16.7 Å². The molecule has 1 atom stereocenters. The maximum Gasteiger partial charge on any atom is 0.255 e. The molecule has 0 bridgehead atoms. The monoisotopic (exact) mass is 464 g/mol. The van der Waals surface area contributed by atoms with Crippen molar-refractivity contribution in [3.8, 4) is 0 Å². The van der Waals surface area contributed by atoms with Crippen molar-refractivity contribution >= 4 is 11.8 Å². The van der Waals surface area contributed by atoms with Gasteiger partial charge < -0.3 is 10.2 Å². The van der Waals surface area contributed by atoms with Crippen molar-refractivity contribution in [2.24, 2.45) is 0 Å². The number of nitrogens with one attached hydrogen (secondary N) is 1. The molecular formula is C30H25FN2O2. The van der Waals surface area contributed by atoms with Gasteiger partial charge in [0, 0.05) is 12.1 Å². The fourth-order valence-electron chi connectivity index (χ4n) is 4.73. The minimum atomic E-state index is -0.766. The predicted molar refractivity (Wildman–Crippen MR) is 133 cm³/mol. The van der Waals surface area contributed by atoms with E-state index >= 15 is 0 Å². The Hall–Kier alpha value is -4.25. The highest BCUT2D eigenvalue weighted by Gasteiger charge is 2.45. The summed E-state index contributed by atoms with van der Waals surface area (Å²) in [6.07, 6.45) is 0.565. The number of carbonyl (C=O) groups is 2. The van der Waals surface area contributed by atoms with Crippen LogP contribution in [-0.4, -0.2) is 23.3 Å². The molecule has 174 valence electrons. The second-order valence-corrected chi connectivity index (χ2v) is 8.59. The molecule has 35 heavy (non-hydrogen) atoms. The first kappa shape index (κ1) is 22.5. The normalized spacial score (nSPS) is 14.7. The summed E-state index contributed by atoms with van der Waals surface area (Å²) < 4.78 is 13.2. The van der Waals surface area contributed by atoms with Crippen LogP contribution >= 0.6 is 0 Å². The molecule has 0 saturated carbocycles. The Morgan fingerprint density at radius 1 is 0.800 bits per heavy atom. The van der Waals surface area contributed by atoms with Crippen LogP contribution in [0, 0.1) is 5.82 Å². The first-order chi connectivity index (χ1) is 17.1. The zero-order chi connectivity index (χ0) is 24.2. The Bertz CT molecular complexity index is 1280. The molecule has 1 N–H and O–H groups in total. The molecule has 0 saturated heterocycles. The summed E-state index contributed by atoms with van der Waals surface area (Å²) in [6.45, 7) is 0.381. The van der Waals surface area contributed by atoms with Crippen LogP contribution in [0.2, 0.25) is 0 Å². The van der Waals surface area contributed by atoms with Gasteiger partial charge in [-0.05, 0) is 46.9 Å². The topological polar surface area (TPSA) is 49.4 Å². The Morgan fingerprint density at radius 3 is 2.00 bits per heavy atom. The number of fused-ring (bicyclic) bond motifs is 1. The number of halogens is 1. The summed E-state index contributed by atoms with van der Waals surface area (Å²) in [6, 6.07) is 31.9. The molecule has 0 radical (unpaired) electrons. The summed E-state index contributed by atoms with van der Waals surface area (Å²) in [5.41, 5.74) is 4.04. The fraction of sp³-hybridized carbons (Fsp3) is 0.133. The highest BCUT2D eigenvalue weighted by molar-refractivity contribution is 6.05. The SMILES string of the molecule is O=C(NCCc1ccc(F)cc1)C1c2ccccc2C(=O)N1C(c1ccccc1)c1ccccc1. The minimum Gasteiger partial charge on any atom is -0.354 e. The van der Waals surface area contributed by atoms with E-state index in [-0.39, 0.29) is 17.6 Å². The van der Waals surface area contributed by atoms with Gasteiger partial charge >= 0.3 is 0 Å². The van der Waals surface area contributed by atoms with E-state index in [1.165, 1.54) is 12.1 Å². The van der Waals surface area contributed by atoms with E-state index in [4.69, 9.17) is 0 Å². The number of hydrogen-bond donors (Lipinski definition) is 1. The maximum atomic E-state index is 13.7. The van der Waals surface area contributed by atoms with Crippen LogP contribution in [0.25, 0.3) is 0 Å². The molecule has 0 aliphatic carbocycles. The van der Waals surface area contributed by atoms with Crippen molar-refractivity contribution < 1.29 is 14.0 Å². The molecule has 2 amide bonds. The molecule has 4 aromatic carbocycles. The molecule has 5 rings (SSSR count). The fourth-order valence-corrected chi connectivity index (χ4v) is 4.73. The van der Waals surface area contributed by atoms with Gasteiger partial charge in [0.1, 0.15) is 11.9 Å². The molecule has 1 heterocycles. The Labute approximate surface area is 204 Å². The van der Waals surface area contributed by atoms with E-state index in [1.54, 1.807) is 23.1 Å². The summed E-state index contributed by atoms with van der Waals surface area (Å²) in [5.74, 6) is -0.693. The summed E-state index contributed by atoms with van der Waals surface area (Å²) in [5, 5.41) is 3.01. The molecule has 0 aromatic heterocycles. The van der Waals surface area contributed by atoms with Gasteiger partial charge in [0.15, 0.2) is 0 Å². The molecule has 1 aliphatic heterocycles. The van der Waals surface area contributed by atoms with Crippen LogP contribution in [0.4, 0.5) is 4.39 Å². The van der Waals surface area contributed by atoms with Gasteiger partial charge in [-0.1, -0.05) is 91.0 Å². The molecule has 0 spiro atoms. The minimum absolute atomic E-state index is 0.169. The van der Waals surface area contributed by atoms with Crippen LogP contribution in [0.5, 0.6) is 0 Å². The number of nitrogens with zero attached hydrogens (tertiary/aromatic N) is 1.